The molecule has 0 spiro atoms. The van der Waals surface area contributed by atoms with Gasteiger partial charge in [0.05, 0.1) is 12.5 Å². The van der Waals surface area contributed by atoms with Crippen LogP contribution in [0.15, 0.2) is 10.7 Å². The van der Waals surface area contributed by atoms with E-state index in [-0.39, 0.29) is 0 Å². The summed E-state index contributed by atoms with van der Waals surface area (Å²) in [6, 6.07) is 4.67. The summed E-state index contributed by atoms with van der Waals surface area (Å²) >= 11 is 3.38. The van der Waals surface area contributed by atoms with Crippen molar-refractivity contribution in [1.82, 2.24) is 9.97 Å². The lowest BCUT2D eigenvalue weighted by molar-refractivity contribution is 0.770. The van der Waals surface area contributed by atoms with E-state index in [1.54, 1.807) is 0 Å². The quantitative estimate of drug-likeness (QED) is 0.795. The summed E-state index contributed by atoms with van der Waals surface area (Å²) in [5.74, 6) is 1.68. The van der Waals surface area contributed by atoms with E-state index in [9.17, 15) is 0 Å². The van der Waals surface area contributed by atoms with E-state index in [0.29, 0.717) is 12.5 Å². The van der Waals surface area contributed by atoms with Crippen LogP contribution in [0.4, 0.5) is 5.82 Å². The molecule has 0 radical (unpaired) electrons. The molecule has 0 saturated heterocycles. The first kappa shape index (κ1) is 11.3. The molecule has 1 aromatic rings. The first-order valence-electron chi connectivity index (χ1n) is 5.35. The number of anilines is 1. The molecule has 1 aliphatic rings. The highest BCUT2D eigenvalue weighted by atomic mass is 79.9. The first-order valence-corrected chi connectivity index (χ1v) is 6.15. The lowest BCUT2D eigenvalue weighted by Gasteiger charge is -2.22. The fourth-order valence-electron chi connectivity index (χ4n) is 1.70. The van der Waals surface area contributed by atoms with Gasteiger partial charge in [-0.1, -0.05) is 0 Å². The zero-order valence-electron chi connectivity index (χ0n) is 9.15. The monoisotopic (exact) mass is 280 g/mol. The van der Waals surface area contributed by atoms with Gasteiger partial charge in [0.25, 0.3) is 0 Å². The zero-order chi connectivity index (χ0) is 11.5. The number of aryl methyl sites for hydroxylation is 1. The second-order valence-corrected chi connectivity index (χ2v) is 4.74. The van der Waals surface area contributed by atoms with Crippen LogP contribution in [0.25, 0.3) is 0 Å². The molecule has 0 bridgehead atoms. The second kappa shape index (κ2) is 4.79. The molecule has 1 saturated carbocycles. The van der Waals surface area contributed by atoms with Crippen LogP contribution in [0.3, 0.4) is 0 Å². The van der Waals surface area contributed by atoms with E-state index in [4.69, 9.17) is 5.26 Å². The highest BCUT2D eigenvalue weighted by molar-refractivity contribution is 9.10. The van der Waals surface area contributed by atoms with Crippen LogP contribution >= 0.6 is 15.9 Å². The van der Waals surface area contributed by atoms with E-state index >= 15 is 0 Å². The molecule has 2 rings (SSSR count). The Hall–Kier alpha value is -1.15. The second-order valence-electron chi connectivity index (χ2n) is 3.93. The van der Waals surface area contributed by atoms with Gasteiger partial charge < -0.3 is 4.90 Å². The van der Waals surface area contributed by atoms with Gasteiger partial charge in [0.15, 0.2) is 0 Å². The van der Waals surface area contributed by atoms with Crippen molar-refractivity contribution in [3.05, 3.63) is 16.5 Å². The molecule has 0 atom stereocenters. The van der Waals surface area contributed by atoms with Gasteiger partial charge in [-0.3, -0.25) is 0 Å². The van der Waals surface area contributed by atoms with Crippen LogP contribution in [0, 0.1) is 18.3 Å². The van der Waals surface area contributed by atoms with E-state index < -0.39 is 0 Å². The minimum Gasteiger partial charge on any atom is -0.352 e. The predicted molar refractivity (Wildman–Crippen MR) is 65.1 cm³/mol. The molecular formula is C11H13BrN4. The molecule has 1 heterocycles. The maximum absolute atomic E-state index is 8.65. The van der Waals surface area contributed by atoms with Gasteiger partial charge in [-0.2, -0.15) is 5.26 Å². The summed E-state index contributed by atoms with van der Waals surface area (Å²) in [6.07, 6.45) is 2.94. The van der Waals surface area contributed by atoms with Crippen molar-refractivity contribution >= 4 is 21.7 Å². The van der Waals surface area contributed by atoms with Crippen molar-refractivity contribution in [1.29, 1.82) is 5.26 Å². The molecule has 1 aromatic heterocycles. The van der Waals surface area contributed by atoms with Crippen molar-refractivity contribution in [2.75, 3.05) is 11.4 Å². The van der Waals surface area contributed by atoms with Gasteiger partial charge in [0, 0.05) is 18.7 Å². The normalized spacial score (nSPS) is 14.6. The number of hydrogen-bond acceptors (Lipinski definition) is 4. The molecule has 16 heavy (non-hydrogen) atoms. The molecule has 4 nitrogen and oxygen atoms in total. The maximum Gasteiger partial charge on any atom is 0.133 e. The van der Waals surface area contributed by atoms with Crippen molar-refractivity contribution < 1.29 is 0 Å². The van der Waals surface area contributed by atoms with Crippen LogP contribution in [0.5, 0.6) is 0 Å². The summed E-state index contributed by atoms with van der Waals surface area (Å²) in [5, 5.41) is 8.65. The van der Waals surface area contributed by atoms with Crippen LogP contribution in [-0.4, -0.2) is 22.6 Å². The number of rotatable bonds is 4. The standard InChI is InChI=1S/C11H13BrN4/c1-8-14-10(12)7-11(15-8)16(6-2-5-13)9-3-4-9/h7,9H,2-4,6H2,1H3. The summed E-state index contributed by atoms with van der Waals surface area (Å²) in [7, 11) is 0. The fourth-order valence-corrected chi connectivity index (χ4v) is 2.17. The molecule has 0 unspecified atom stereocenters. The van der Waals surface area contributed by atoms with Gasteiger partial charge in [0.2, 0.25) is 0 Å². The highest BCUT2D eigenvalue weighted by Crippen LogP contribution is 2.31. The third kappa shape index (κ3) is 2.70. The first-order chi connectivity index (χ1) is 7.70. The summed E-state index contributed by atoms with van der Waals surface area (Å²) in [5.41, 5.74) is 0. The maximum atomic E-state index is 8.65. The van der Waals surface area contributed by atoms with Crippen LogP contribution < -0.4 is 4.90 Å². The molecule has 1 aliphatic carbocycles. The average Bonchev–Trinajstić information content (AvgIpc) is 3.01. The smallest absolute Gasteiger partial charge is 0.133 e. The van der Waals surface area contributed by atoms with E-state index in [1.807, 2.05) is 13.0 Å². The van der Waals surface area contributed by atoms with Gasteiger partial charge in [-0.05, 0) is 35.7 Å². The summed E-state index contributed by atoms with van der Waals surface area (Å²) < 4.78 is 0.803. The Morgan fingerprint density at radius 3 is 2.88 bits per heavy atom. The molecule has 0 amide bonds. The average molecular weight is 281 g/mol. The van der Waals surface area contributed by atoms with E-state index in [2.05, 4.69) is 36.9 Å². The molecule has 0 N–H and O–H groups in total. The fraction of sp³-hybridized carbons (Fsp3) is 0.545. The Balaban J connectivity index is 2.20. The van der Waals surface area contributed by atoms with Crippen LogP contribution in [0.1, 0.15) is 25.1 Å². The number of nitriles is 1. The lowest BCUT2D eigenvalue weighted by atomic mass is 10.3. The molecular weight excluding hydrogens is 268 g/mol. The highest BCUT2D eigenvalue weighted by Gasteiger charge is 2.29. The van der Waals surface area contributed by atoms with Gasteiger partial charge in [-0.15, -0.1) is 0 Å². The summed E-state index contributed by atoms with van der Waals surface area (Å²) in [4.78, 5) is 10.8. The largest absolute Gasteiger partial charge is 0.352 e. The number of aromatic nitrogens is 2. The molecule has 0 aliphatic heterocycles. The Bertz CT molecular complexity index is 402. The van der Waals surface area contributed by atoms with Gasteiger partial charge in [0.1, 0.15) is 16.2 Å². The van der Waals surface area contributed by atoms with E-state index in [1.165, 1.54) is 12.8 Å². The van der Waals surface area contributed by atoms with Crippen molar-refractivity contribution in [3.63, 3.8) is 0 Å². The van der Waals surface area contributed by atoms with Gasteiger partial charge >= 0.3 is 0 Å². The Morgan fingerprint density at radius 1 is 1.56 bits per heavy atom. The van der Waals surface area contributed by atoms with Crippen molar-refractivity contribution in [2.24, 2.45) is 0 Å². The SMILES string of the molecule is Cc1nc(Br)cc(N(CCC#N)C2CC2)n1. The minimum absolute atomic E-state index is 0.539. The Morgan fingerprint density at radius 2 is 2.31 bits per heavy atom. The van der Waals surface area contributed by atoms with Crippen molar-refractivity contribution in [2.45, 2.75) is 32.2 Å². The molecule has 0 aromatic carbocycles. The number of hydrogen-bond donors (Lipinski definition) is 0. The molecule has 1 fully saturated rings. The van der Waals surface area contributed by atoms with E-state index in [0.717, 1.165) is 22.8 Å². The third-order valence-electron chi connectivity index (χ3n) is 2.54. The molecule has 5 heteroatoms. The van der Waals surface area contributed by atoms with Crippen LogP contribution in [0.2, 0.25) is 0 Å². The third-order valence-corrected chi connectivity index (χ3v) is 2.95. The Labute approximate surface area is 103 Å². The predicted octanol–water partition coefficient (Wildman–Crippen LogP) is 2.43. The lowest BCUT2D eigenvalue weighted by Crippen LogP contribution is -2.27. The molecule has 84 valence electrons. The van der Waals surface area contributed by atoms with Gasteiger partial charge in [-0.25, -0.2) is 9.97 Å². The number of halogens is 1. The Kier molecular flexibility index (Phi) is 3.39. The van der Waals surface area contributed by atoms with Crippen molar-refractivity contribution in [3.8, 4) is 6.07 Å². The zero-order valence-corrected chi connectivity index (χ0v) is 10.7. The van der Waals surface area contributed by atoms with Crippen LogP contribution in [-0.2, 0) is 0 Å². The summed E-state index contributed by atoms with van der Waals surface area (Å²) in [6.45, 7) is 2.63. The minimum atomic E-state index is 0.539. The topological polar surface area (TPSA) is 52.8 Å². The number of nitrogens with zero attached hydrogens (tertiary/aromatic N) is 4.